The Balaban J connectivity index is 1.85. The monoisotopic (exact) mass is 266 g/mol. The van der Waals surface area contributed by atoms with Crippen LogP contribution in [-0.4, -0.2) is 9.55 Å². The molecule has 0 saturated heterocycles. The zero-order valence-corrected chi connectivity index (χ0v) is 11.4. The first kappa shape index (κ1) is 12.9. The molecule has 0 radical (unpaired) electrons. The van der Waals surface area contributed by atoms with Crippen molar-refractivity contribution in [3.05, 3.63) is 53.1 Å². The highest BCUT2D eigenvalue weighted by molar-refractivity contribution is 5.31. The van der Waals surface area contributed by atoms with Crippen molar-refractivity contribution in [1.82, 2.24) is 9.55 Å². The molecule has 1 aliphatic rings. The highest BCUT2D eigenvalue weighted by atomic mass is 14.9. The van der Waals surface area contributed by atoms with Gasteiger partial charge in [0, 0.05) is 31.2 Å². The Morgan fingerprint density at radius 2 is 2.30 bits per heavy atom. The van der Waals surface area contributed by atoms with Crippen LogP contribution >= 0.6 is 0 Å². The average molecular weight is 266 g/mol. The lowest BCUT2D eigenvalue weighted by Gasteiger charge is -2.07. The number of aryl methyl sites for hydroxylation is 1. The van der Waals surface area contributed by atoms with Crippen LogP contribution in [0.2, 0.25) is 0 Å². The third-order valence-corrected chi connectivity index (χ3v) is 3.91. The number of nitrogens with zero attached hydrogens (tertiary/aromatic N) is 3. The number of nitriles is 1. The van der Waals surface area contributed by atoms with Gasteiger partial charge in [-0.1, -0.05) is 6.42 Å². The van der Waals surface area contributed by atoms with E-state index in [4.69, 9.17) is 11.0 Å². The Labute approximate surface area is 118 Å². The first-order chi connectivity index (χ1) is 9.76. The minimum absolute atomic E-state index is 0.167. The van der Waals surface area contributed by atoms with Gasteiger partial charge in [-0.15, -0.1) is 0 Å². The molecule has 4 heteroatoms. The molecule has 0 aliphatic heterocycles. The Bertz CT molecular complexity index is 651. The third-order valence-electron chi connectivity index (χ3n) is 3.91. The summed E-state index contributed by atoms with van der Waals surface area (Å²) in [5, 5.41) is 8.89. The topological polar surface area (TPSA) is 67.6 Å². The standard InChI is InChI=1S/C16H18N4/c17-8-14-7-12(5-6-19-14)9-20-10-13-3-1-2-4-16(18)15(13)11-20/h5-7,10-11,16H,1-4,9,18H2. The molecule has 2 aromatic rings. The van der Waals surface area contributed by atoms with Crippen molar-refractivity contribution in [2.24, 2.45) is 5.73 Å². The van der Waals surface area contributed by atoms with E-state index < -0.39 is 0 Å². The predicted molar refractivity (Wildman–Crippen MR) is 77.0 cm³/mol. The molecule has 4 nitrogen and oxygen atoms in total. The van der Waals surface area contributed by atoms with E-state index in [2.05, 4.69) is 28.0 Å². The van der Waals surface area contributed by atoms with Gasteiger partial charge < -0.3 is 10.3 Å². The molecule has 102 valence electrons. The van der Waals surface area contributed by atoms with Crippen molar-refractivity contribution in [2.75, 3.05) is 0 Å². The van der Waals surface area contributed by atoms with Crippen LogP contribution in [0.15, 0.2) is 30.7 Å². The molecule has 0 aromatic carbocycles. The summed E-state index contributed by atoms with van der Waals surface area (Å²) >= 11 is 0. The van der Waals surface area contributed by atoms with Crippen molar-refractivity contribution >= 4 is 0 Å². The molecule has 2 N–H and O–H groups in total. The maximum Gasteiger partial charge on any atom is 0.140 e. The van der Waals surface area contributed by atoms with Gasteiger partial charge in [0.15, 0.2) is 0 Å². The fourth-order valence-electron chi connectivity index (χ4n) is 2.89. The Morgan fingerprint density at radius 1 is 1.40 bits per heavy atom. The van der Waals surface area contributed by atoms with Gasteiger partial charge in [0.2, 0.25) is 0 Å². The van der Waals surface area contributed by atoms with Gasteiger partial charge in [-0.25, -0.2) is 4.98 Å². The number of fused-ring (bicyclic) bond motifs is 1. The summed E-state index contributed by atoms with van der Waals surface area (Å²) < 4.78 is 2.17. The van der Waals surface area contributed by atoms with E-state index in [-0.39, 0.29) is 6.04 Å². The van der Waals surface area contributed by atoms with E-state index in [0.29, 0.717) is 5.69 Å². The number of nitrogens with two attached hydrogens (primary N) is 1. The molecule has 0 amide bonds. The molecular formula is C16H18N4. The average Bonchev–Trinajstić information content (AvgIpc) is 2.78. The summed E-state index contributed by atoms with van der Waals surface area (Å²) in [6, 6.07) is 6.03. The van der Waals surface area contributed by atoms with Gasteiger partial charge in [-0.05, 0) is 48.1 Å². The number of aromatic nitrogens is 2. The maximum absolute atomic E-state index is 8.89. The Kier molecular flexibility index (Phi) is 3.53. The highest BCUT2D eigenvalue weighted by Crippen LogP contribution is 2.27. The van der Waals surface area contributed by atoms with Gasteiger partial charge in [-0.3, -0.25) is 0 Å². The first-order valence-corrected chi connectivity index (χ1v) is 7.05. The van der Waals surface area contributed by atoms with Gasteiger partial charge in [0.1, 0.15) is 11.8 Å². The van der Waals surface area contributed by atoms with Crippen LogP contribution in [0.1, 0.15) is 47.7 Å². The molecule has 0 fully saturated rings. The highest BCUT2D eigenvalue weighted by Gasteiger charge is 2.17. The first-order valence-electron chi connectivity index (χ1n) is 7.05. The summed E-state index contributed by atoms with van der Waals surface area (Å²) in [7, 11) is 0. The molecule has 0 spiro atoms. The molecule has 0 saturated carbocycles. The third kappa shape index (κ3) is 2.59. The fourth-order valence-corrected chi connectivity index (χ4v) is 2.89. The number of pyridine rings is 1. The van der Waals surface area contributed by atoms with Crippen LogP contribution in [-0.2, 0) is 13.0 Å². The molecule has 3 rings (SSSR count). The van der Waals surface area contributed by atoms with Gasteiger partial charge in [-0.2, -0.15) is 5.26 Å². The number of rotatable bonds is 2. The van der Waals surface area contributed by atoms with Crippen LogP contribution in [0.25, 0.3) is 0 Å². The van der Waals surface area contributed by atoms with Crippen molar-refractivity contribution in [3.8, 4) is 6.07 Å². The van der Waals surface area contributed by atoms with Crippen molar-refractivity contribution in [1.29, 1.82) is 5.26 Å². The van der Waals surface area contributed by atoms with E-state index in [1.165, 1.54) is 24.0 Å². The lowest BCUT2D eigenvalue weighted by Crippen LogP contribution is -2.09. The zero-order valence-electron chi connectivity index (χ0n) is 11.4. The van der Waals surface area contributed by atoms with Crippen LogP contribution in [0.3, 0.4) is 0 Å². The summed E-state index contributed by atoms with van der Waals surface area (Å²) in [6.45, 7) is 0.761. The van der Waals surface area contributed by atoms with E-state index in [0.717, 1.165) is 24.9 Å². The number of hydrogen-bond acceptors (Lipinski definition) is 3. The molecule has 0 bridgehead atoms. The lowest BCUT2D eigenvalue weighted by atomic mass is 10.1. The molecule has 20 heavy (non-hydrogen) atoms. The quantitative estimate of drug-likeness (QED) is 0.849. The van der Waals surface area contributed by atoms with Crippen LogP contribution in [0.4, 0.5) is 0 Å². The second-order valence-corrected chi connectivity index (χ2v) is 5.42. The van der Waals surface area contributed by atoms with E-state index in [1.54, 1.807) is 6.20 Å². The van der Waals surface area contributed by atoms with Gasteiger partial charge >= 0.3 is 0 Å². The van der Waals surface area contributed by atoms with Gasteiger partial charge in [0.25, 0.3) is 0 Å². The van der Waals surface area contributed by atoms with Crippen LogP contribution < -0.4 is 5.73 Å². The van der Waals surface area contributed by atoms with Gasteiger partial charge in [0.05, 0.1) is 0 Å². The molecule has 2 heterocycles. The molecular weight excluding hydrogens is 248 g/mol. The lowest BCUT2D eigenvalue weighted by molar-refractivity contribution is 0.610. The van der Waals surface area contributed by atoms with Crippen LogP contribution in [0.5, 0.6) is 0 Å². The molecule has 1 unspecified atom stereocenters. The Hall–Kier alpha value is -2.12. The minimum atomic E-state index is 0.167. The number of hydrogen-bond donors (Lipinski definition) is 1. The van der Waals surface area contributed by atoms with E-state index in [1.807, 2.05) is 12.1 Å². The minimum Gasteiger partial charge on any atom is -0.349 e. The summed E-state index contributed by atoms with van der Waals surface area (Å²) in [5.74, 6) is 0. The van der Waals surface area contributed by atoms with Crippen molar-refractivity contribution in [2.45, 2.75) is 38.3 Å². The molecule has 2 aromatic heterocycles. The summed E-state index contributed by atoms with van der Waals surface area (Å²) in [5.41, 5.74) is 10.5. The Morgan fingerprint density at radius 3 is 3.15 bits per heavy atom. The SMILES string of the molecule is N#Cc1cc(Cn2cc3c(c2)C(N)CCCC3)ccn1. The second-order valence-electron chi connectivity index (χ2n) is 5.42. The van der Waals surface area contributed by atoms with E-state index in [9.17, 15) is 0 Å². The molecule has 1 atom stereocenters. The normalized spacial score (nSPS) is 18.1. The largest absolute Gasteiger partial charge is 0.349 e. The summed E-state index contributed by atoms with van der Waals surface area (Å²) in [6.07, 6.45) is 10.7. The molecule has 1 aliphatic carbocycles. The van der Waals surface area contributed by atoms with Crippen molar-refractivity contribution < 1.29 is 0 Å². The smallest absolute Gasteiger partial charge is 0.140 e. The predicted octanol–water partition coefficient (Wildman–Crippen LogP) is 2.53. The van der Waals surface area contributed by atoms with Crippen LogP contribution in [0, 0.1) is 11.3 Å². The fraction of sp³-hybridized carbons (Fsp3) is 0.375. The summed E-state index contributed by atoms with van der Waals surface area (Å²) in [4.78, 5) is 4.00. The maximum atomic E-state index is 8.89. The van der Waals surface area contributed by atoms with Crippen molar-refractivity contribution in [3.63, 3.8) is 0 Å². The van der Waals surface area contributed by atoms with E-state index >= 15 is 0 Å². The zero-order chi connectivity index (χ0) is 13.9. The second kappa shape index (κ2) is 5.48.